The summed E-state index contributed by atoms with van der Waals surface area (Å²) >= 11 is 0. The fourth-order valence-corrected chi connectivity index (χ4v) is 2.64. The number of likely N-dealkylation sites (tertiary alicyclic amines) is 1. The summed E-state index contributed by atoms with van der Waals surface area (Å²) in [5.74, 6) is 0. The smallest absolute Gasteiger partial charge is 0.0341 e. The van der Waals surface area contributed by atoms with E-state index in [0.717, 1.165) is 19.6 Å². The van der Waals surface area contributed by atoms with E-state index in [1.165, 1.54) is 32.4 Å². The molecule has 0 spiro atoms. The molecule has 4 nitrogen and oxygen atoms in total. The van der Waals surface area contributed by atoms with Crippen molar-refractivity contribution < 1.29 is 0 Å². The Morgan fingerprint density at radius 2 is 1.82 bits per heavy atom. The van der Waals surface area contributed by atoms with Gasteiger partial charge in [-0.3, -0.25) is 4.90 Å². The van der Waals surface area contributed by atoms with Crippen molar-refractivity contribution in [3.8, 4) is 0 Å². The Hall–Kier alpha value is -0.160. The Kier molecular flexibility index (Phi) is 5.86. The van der Waals surface area contributed by atoms with Gasteiger partial charge in [-0.1, -0.05) is 0 Å². The third-order valence-electron chi connectivity index (χ3n) is 4.21. The molecule has 0 amide bonds. The van der Waals surface area contributed by atoms with Crippen LogP contribution in [-0.2, 0) is 0 Å². The van der Waals surface area contributed by atoms with E-state index < -0.39 is 0 Å². The van der Waals surface area contributed by atoms with Crippen LogP contribution in [-0.4, -0.2) is 81.2 Å². The van der Waals surface area contributed by atoms with Crippen LogP contribution in [0.4, 0.5) is 0 Å². The van der Waals surface area contributed by atoms with Gasteiger partial charge in [-0.25, -0.2) is 0 Å². The maximum atomic E-state index is 6.09. The molecular formula is C13H30N4. The van der Waals surface area contributed by atoms with Gasteiger partial charge in [0.15, 0.2) is 0 Å². The third kappa shape index (κ3) is 4.21. The molecule has 1 unspecified atom stereocenters. The summed E-state index contributed by atoms with van der Waals surface area (Å²) in [6.45, 7) is 5.37. The molecule has 0 bridgehead atoms. The molecule has 1 rings (SSSR count). The number of nitrogens with zero attached hydrogens (tertiary/aromatic N) is 3. The molecule has 1 fully saturated rings. The highest BCUT2D eigenvalue weighted by Crippen LogP contribution is 2.26. The van der Waals surface area contributed by atoms with E-state index in [-0.39, 0.29) is 5.54 Å². The van der Waals surface area contributed by atoms with Crippen LogP contribution in [0, 0.1) is 0 Å². The van der Waals surface area contributed by atoms with E-state index in [4.69, 9.17) is 5.73 Å². The highest BCUT2D eigenvalue weighted by atomic mass is 15.2. The van der Waals surface area contributed by atoms with Crippen LogP contribution in [0.5, 0.6) is 0 Å². The highest BCUT2D eigenvalue weighted by molar-refractivity contribution is 4.93. The number of likely N-dealkylation sites (N-methyl/N-ethyl adjacent to an activating group) is 2. The molecule has 1 aliphatic heterocycles. The number of rotatable bonds is 5. The Bertz CT molecular complexity index is 219. The first kappa shape index (κ1) is 14.9. The van der Waals surface area contributed by atoms with Crippen molar-refractivity contribution in [2.45, 2.75) is 24.8 Å². The molecule has 4 heteroatoms. The third-order valence-corrected chi connectivity index (χ3v) is 4.21. The maximum Gasteiger partial charge on any atom is 0.0341 e. The van der Waals surface area contributed by atoms with Gasteiger partial charge in [0.25, 0.3) is 0 Å². The Morgan fingerprint density at radius 1 is 1.12 bits per heavy atom. The minimum Gasteiger partial charge on any atom is -0.329 e. The lowest BCUT2D eigenvalue weighted by Crippen LogP contribution is -2.54. The minimum atomic E-state index is 0.223. The van der Waals surface area contributed by atoms with Crippen molar-refractivity contribution in [1.29, 1.82) is 0 Å². The first-order valence-electron chi connectivity index (χ1n) is 6.75. The highest BCUT2D eigenvalue weighted by Gasteiger charge is 2.34. The summed E-state index contributed by atoms with van der Waals surface area (Å²) in [7, 11) is 8.71. The largest absolute Gasteiger partial charge is 0.329 e. The summed E-state index contributed by atoms with van der Waals surface area (Å²) in [4.78, 5) is 7.16. The van der Waals surface area contributed by atoms with Gasteiger partial charge in [0.05, 0.1) is 0 Å². The molecule has 0 aromatic rings. The lowest BCUT2D eigenvalue weighted by molar-refractivity contribution is 0.0997. The summed E-state index contributed by atoms with van der Waals surface area (Å²) in [5.41, 5.74) is 6.31. The molecule has 0 saturated carbocycles. The molecular weight excluding hydrogens is 212 g/mol. The zero-order chi connectivity index (χ0) is 12.9. The lowest BCUT2D eigenvalue weighted by atomic mass is 9.89. The molecule has 0 aliphatic carbocycles. The van der Waals surface area contributed by atoms with E-state index in [0.29, 0.717) is 0 Å². The van der Waals surface area contributed by atoms with Gasteiger partial charge in [-0.2, -0.15) is 0 Å². The van der Waals surface area contributed by atoms with Gasteiger partial charge in [0.2, 0.25) is 0 Å². The lowest BCUT2D eigenvalue weighted by Gasteiger charge is -2.41. The maximum absolute atomic E-state index is 6.09. The molecule has 0 aromatic heterocycles. The first-order valence-corrected chi connectivity index (χ1v) is 6.75. The Morgan fingerprint density at radius 3 is 2.41 bits per heavy atom. The zero-order valence-electron chi connectivity index (χ0n) is 12.1. The first-order chi connectivity index (χ1) is 8.00. The second kappa shape index (κ2) is 6.69. The van der Waals surface area contributed by atoms with Crippen LogP contribution in [0.15, 0.2) is 0 Å². The number of nitrogens with two attached hydrogens (primary N) is 1. The average Bonchev–Trinajstić information content (AvgIpc) is 2.49. The Labute approximate surface area is 107 Å². The van der Waals surface area contributed by atoms with Crippen molar-refractivity contribution in [2.75, 3.05) is 60.9 Å². The minimum absolute atomic E-state index is 0.223. The van der Waals surface area contributed by atoms with Crippen molar-refractivity contribution in [1.82, 2.24) is 14.7 Å². The van der Waals surface area contributed by atoms with E-state index in [2.05, 4.69) is 42.9 Å². The molecule has 1 atom stereocenters. The number of hydrogen-bond acceptors (Lipinski definition) is 4. The molecule has 1 aliphatic rings. The monoisotopic (exact) mass is 242 g/mol. The van der Waals surface area contributed by atoms with Crippen LogP contribution in [0.3, 0.4) is 0 Å². The van der Waals surface area contributed by atoms with E-state index in [1.807, 2.05) is 0 Å². The van der Waals surface area contributed by atoms with Gasteiger partial charge < -0.3 is 15.5 Å². The fourth-order valence-electron chi connectivity index (χ4n) is 2.64. The van der Waals surface area contributed by atoms with Crippen molar-refractivity contribution in [3.63, 3.8) is 0 Å². The SMILES string of the molecule is CN(C)CCN(C)C1(CN)CCCN(C)CC1. The van der Waals surface area contributed by atoms with E-state index in [1.54, 1.807) is 0 Å². The molecule has 0 radical (unpaired) electrons. The number of hydrogen-bond donors (Lipinski definition) is 1. The standard InChI is InChI=1S/C13H30N4/c1-15(2)10-11-17(4)13(12-14)6-5-8-16(3)9-7-13/h5-12,14H2,1-4H3. The van der Waals surface area contributed by atoms with Crippen LogP contribution >= 0.6 is 0 Å². The summed E-state index contributed by atoms with van der Waals surface area (Å²) in [5, 5.41) is 0. The second-order valence-electron chi connectivity index (χ2n) is 5.81. The molecule has 17 heavy (non-hydrogen) atoms. The van der Waals surface area contributed by atoms with E-state index in [9.17, 15) is 0 Å². The predicted octanol–water partition coefficient (Wildman–Crippen LogP) is 0.293. The van der Waals surface area contributed by atoms with Crippen molar-refractivity contribution in [3.05, 3.63) is 0 Å². The molecule has 1 heterocycles. The Balaban J connectivity index is 2.59. The quantitative estimate of drug-likeness (QED) is 0.752. The zero-order valence-corrected chi connectivity index (χ0v) is 12.1. The predicted molar refractivity (Wildman–Crippen MR) is 74.3 cm³/mol. The van der Waals surface area contributed by atoms with Gasteiger partial charge in [-0.15, -0.1) is 0 Å². The van der Waals surface area contributed by atoms with Crippen LogP contribution < -0.4 is 5.73 Å². The summed E-state index contributed by atoms with van der Waals surface area (Å²) in [6, 6.07) is 0. The summed E-state index contributed by atoms with van der Waals surface area (Å²) in [6.07, 6.45) is 3.70. The van der Waals surface area contributed by atoms with Crippen molar-refractivity contribution >= 4 is 0 Å². The topological polar surface area (TPSA) is 35.7 Å². The van der Waals surface area contributed by atoms with Gasteiger partial charge in [0.1, 0.15) is 0 Å². The van der Waals surface area contributed by atoms with Gasteiger partial charge in [0, 0.05) is 25.2 Å². The van der Waals surface area contributed by atoms with Crippen molar-refractivity contribution in [2.24, 2.45) is 5.73 Å². The van der Waals surface area contributed by atoms with Gasteiger partial charge in [-0.05, 0) is 60.5 Å². The molecule has 102 valence electrons. The van der Waals surface area contributed by atoms with Gasteiger partial charge >= 0.3 is 0 Å². The normalized spacial score (nSPS) is 27.7. The van der Waals surface area contributed by atoms with E-state index >= 15 is 0 Å². The van der Waals surface area contributed by atoms with Crippen LogP contribution in [0.1, 0.15) is 19.3 Å². The molecule has 0 aromatic carbocycles. The molecule has 1 saturated heterocycles. The van der Waals surface area contributed by atoms with Crippen LogP contribution in [0.25, 0.3) is 0 Å². The second-order valence-corrected chi connectivity index (χ2v) is 5.81. The van der Waals surface area contributed by atoms with Crippen LogP contribution in [0.2, 0.25) is 0 Å². The fraction of sp³-hybridized carbons (Fsp3) is 1.00. The summed E-state index contributed by atoms with van der Waals surface area (Å²) < 4.78 is 0. The average molecular weight is 242 g/mol. The molecule has 2 N–H and O–H groups in total.